The average molecular weight is 375 g/mol. The maximum Gasteiger partial charge on any atom is 0.195 e. The number of benzene rings is 2. The predicted octanol–water partition coefficient (Wildman–Crippen LogP) is 3.69. The van der Waals surface area contributed by atoms with Crippen LogP contribution in [0.15, 0.2) is 47.5 Å². The number of hydrogen-bond donors (Lipinski definition) is 2. The highest BCUT2D eigenvalue weighted by atomic mass is 19.1. The van der Waals surface area contributed by atoms with Crippen molar-refractivity contribution in [3.8, 4) is 17.2 Å². The van der Waals surface area contributed by atoms with E-state index in [0.29, 0.717) is 30.6 Å². The van der Waals surface area contributed by atoms with Gasteiger partial charge in [-0.2, -0.15) is 0 Å². The maximum atomic E-state index is 13.7. The Labute approximate surface area is 159 Å². The molecule has 0 bridgehead atoms. The van der Waals surface area contributed by atoms with Gasteiger partial charge in [-0.25, -0.2) is 4.39 Å². The molecule has 1 atom stereocenters. The number of para-hydroxylation sites is 1. The third-order valence-corrected chi connectivity index (χ3v) is 3.67. The number of nitrogens with zero attached hydrogens (tertiary/aromatic N) is 1. The van der Waals surface area contributed by atoms with Crippen LogP contribution in [-0.2, 0) is 0 Å². The zero-order valence-corrected chi connectivity index (χ0v) is 16.1. The molecular weight excluding hydrogens is 349 g/mol. The first-order valence-electron chi connectivity index (χ1n) is 8.77. The third-order valence-electron chi connectivity index (χ3n) is 3.67. The summed E-state index contributed by atoms with van der Waals surface area (Å²) in [7, 11) is 3.26. The van der Waals surface area contributed by atoms with Crippen LogP contribution in [0.1, 0.15) is 13.8 Å². The van der Waals surface area contributed by atoms with Crippen molar-refractivity contribution in [3.05, 3.63) is 48.3 Å². The van der Waals surface area contributed by atoms with Crippen LogP contribution < -0.4 is 24.8 Å². The van der Waals surface area contributed by atoms with Gasteiger partial charge in [-0.05, 0) is 38.1 Å². The zero-order chi connectivity index (χ0) is 19.6. The monoisotopic (exact) mass is 375 g/mol. The van der Waals surface area contributed by atoms with Crippen LogP contribution in [0.25, 0.3) is 0 Å². The molecule has 1 unspecified atom stereocenters. The van der Waals surface area contributed by atoms with Gasteiger partial charge in [0.05, 0.1) is 20.3 Å². The first kappa shape index (κ1) is 20.4. The van der Waals surface area contributed by atoms with Crippen molar-refractivity contribution >= 4 is 11.6 Å². The van der Waals surface area contributed by atoms with E-state index in [1.165, 1.54) is 6.07 Å². The molecule has 27 heavy (non-hydrogen) atoms. The van der Waals surface area contributed by atoms with Crippen molar-refractivity contribution in [2.24, 2.45) is 4.99 Å². The largest absolute Gasteiger partial charge is 0.493 e. The fraction of sp³-hybridized carbons (Fsp3) is 0.350. The zero-order valence-electron chi connectivity index (χ0n) is 16.1. The topological polar surface area (TPSA) is 64.1 Å². The molecule has 2 N–H and O–H groups in total. The van der Waals surface area contributed by atoms with Crippen molar-refractivity contribution < 1.29 is 18.6 Å². The highest BCUT2D eigenvalue weighted by Gasteiger charge is 2.10. The Bertz CT molecular complexity index is 768. The Morgan fingerprint density at radius 1 is 1.15 bits per heavy atom. The fourth-order valence-corrected chi connectivity index (χ4v) is 2.38. The number of hydrogen-bond acceptors (Lipinski definition) is 4. The summed E-state index contributed by atoms with van der Waals surface area (Å²) in [5.74, 6) is 1.72. The van der Waals surface area contributed by atoms with Gasteiger partial charge in [-0.15, -0.1) is 0 Å². The standard InChI is InChI=1S/C20H26FN3O3/c1-5-26-18-11-10-15(12-19(18)25-4)24-20(22-3)23-13-14(2)27-17-9-7-6-8-16(17)21/h6-12,14H,5,13H2,1-4H3,(H2,22,23,24). The van der Waals surface area contributed by atoms with E-state index in [1.54, 1.807) is 32.4 Å². The summed E-state index contributed by atoms with van der Waals surface area (Å²) in [5, 5.41) is 6.33. The van der Waals surface area contributed by atoms with Gasteiger partial charge in [0.1, 0.15) is 6.10 Å². The maximum absolute atomic E-state index is 13.7. The van der Waals surface area contributed by atoms with Crippen LogP contribution in [0, 0.1) is 5.82 Å². The van der Waals surface area contributed by atoms with Crippen LogP contribution in [0.3, 0.4) is 0 Å². The Kier molecular flexibility index (Phi) is 7.73. The van der Waals surface area contributed by atoms with Gasteiger partial charge in [-0.3, -0.25) is 4.99 Å². The minimum Gasteiger partial charge on any atom is -0.493 e. The molecule has 6 nitrogen and oxygen atoms in total. The smallest absolute Gasteiger partial charge is 0.195 e. The molecule has 0 radical (unpaired) electrons. The van der Waals surface area contributed by atoms with E-state index < -0.39 is 0 Å². The van der Waals surface area contributed by atoms with Gasteiger partial charge < -0.3 is 24.8 Å². The molecule has 0 fully saturated rings. The molecule has 7 heteroatoms. The summed E-state index contributed by atoms with van der Waals surface area (Å²) < 4.78 is 30.1. The van der Waals surface area contributed by atoms with E-state index in [2.05, 4.69) is 15.6 Å². The van der Waals surface area contributed by atoms with E-state index in [0.717, 1.165) is 5.69 Å². The summed E-state index contributed by atoms with van der Waals surface area (Å²) in [6, 6.07) is 11.9. The lowest BCUT2D eigenvalue weighted by molar-refractivity contribution is 0.214. The molecule has 2 rings (SSSR count). The van der Waals surface area contributed by atoms with E-state index in [1.807, 2.05) is 32.0 Å². The lowest BCUT2D eigenvalue weighted by Crippen LogP contribution is -2.37. The number of nitrogens with one attached hydrogen (secondary N) is 2. The lowest BCUT2D eigenvalue weighted by atomic mass is 10.2. The molecule has 2 aromatic rings. The van der Waals surface area contributed by atoms with Gasteiger partial charge in [0.15, 0.2) is 29.0 Å². The van der Waals surface area contributed by atoms with E-state index >= 15 is 0 Å². The van der Waals surface area contributed by atoms with Crippen LogP contribution >= 0.6 is 0 Å². The number of aliphatic imine (C=N–C) groups is 1. The van der Waals surface area contributed by atoms with Gasteiger partial charge in [-0.1, -0.05) is 12.1 Å². The second kappa shape index (κ2) is 10.3. The summed E-state index contributed by atoms with van der Waals surface area (Å²) in [6.45, 7) is 4.78. The van der Waals surface area contributed by atoms with Crippen LogP contribution in [0.4, 0.5) is 10.1 Å². The van der Waals surface area contributed by atoms with Gasteiger partial charge in [0.2, 0.25) is 0 Å². The Morgan fingerprint density at radius 3 is 2.59 bits per heavy atom. The predicted molar refractivity (Wildman–Crippen MR) is 106 cm³/mol. The molecule has 0 spiro atoms. The van der Waals surface area contributed by atoms with Crippen LogP contribution in [0.2, 0.25) is 0 Å². The first-order chi connectivity index (χ1) is 13.1. The molecule has 2 aromatic carbocycles. The molecule has 0 aliphatic heterocycles. The molecule has 146 valence electrons. The third kappa shape index (κ3) is 6.06. The Morgan fingerprint density at radius 2 is 1.93 bits per heavy atom. The minimum atomic E-state index is -0.381. The van der Waals surface area contributed by atoms with E-state index in [9.17, 15) is 4.39 Å². The summed E-state index contributed by atoms with van der Waals surface area (Å²) in [4.78, 5) is 4.19. The molecule has 0 heterocycles. The molecule has 0 amide bonds. The minimum absolute atomic E-state index is 0.228. The molecule has 0 saturated carbocycles. The van der Waals surface area contributed by atoms with Gasteiger partial charge >= 0.3 is 0 Å². The van der Waals surface area contributed by atoms with Gasteiger partial charge in [0, 0.05) is 18.8 Å². The average Bonchev–Trinajstić information content (AvgIpc) is 2.68. The second-order valence-electron chi connectivity index (χ2n) is 5.74. The number of methoxy groups -OCH3 is 1. The lowest BCUT2D eigenvalue weighted by Gasteiger charge is -2.18. The quantitative estimate of drug-likeness (QED) is 0.544. The fourth-order valence-electron chi connectivity index (χ4n) is 2.38. The molecule has 0 saturated heterocycles. The highest BCUT2D eigenvalue weighted by molar-refractivity contribution is 5.93. The Balaban J connectivity index is 1.93. The van der Waals surface area contributed by atoms with Crippen molar-refractivity contribution in [2.45, 2.75) is 20.0 Å². The molecule has 0 aromatic heterocycles. The number of halogens is 1. The number of guanidine groups is 1. The highest BCUT2D eigenvalue weighted by Crippen LogP contribution is 2.30. The summed E-state index contributed by atoms with van der Waals surface area (Å²) in [6.07, 6.45) is -0.254. The normalized spacial score (nSPS) is 12.3. The van der Waals surface area contributed by atoms with Crippen molar-refractivity contribution in [1.29, 1.82) is 0 Å². The number of rotatable bonds is 8. The summed E-state index contributed by atoms with van der Waals surface area (Å²) in [5.41, 5.74) is 0.797. The van der Waals surface area contributed by atoms with Crippen LogP contribution in [-0.4, -0.2) is 39.4 Å². The van der Waals surface area contributed by atoms with E-state index in [4.69, 9.17) is 14.2 Å². The van der Waals surface area contributed by atoms with Crippen molar-refractivity contribution in [1.82, 2.24) is 5.32 Å². The molecule has 0 aliphatic rings. The second-order valence-corrected chi connectivity index (χ2v) is 5.74. The molecular formula is C20H26FN3O3. The van der Waals surface area contributed by atoms with Crippen molar-refractivity contribution in [2.75, 3.05) is 32.6 Å². The summed E-state index contributed by atoms with van der Waals surface area (Å²) >= 11 is 0. The van der Waals surface area contributed by atoms with Crippen molar-refractivity contribution in [3.63, 3.8) is 0 Å². The first-order valence-corrected chi connectivity index (χ1v) is 8.77. The van der Waals surface area contributed by atoms with E-state index in [-0.39, 0.29) is 17.7 Å². The Hall–Kier alpha value is -2.96. The molecule has 0 aliphatic carbocycles. The van der Waals surface area contributed by atoms with Gasteiger partial charge in [0.25, 0.3) is 0 Å². The van der Waals surface area contributed by atoms with Crippen LogP contribution in [0.5, 0.6) is 17.2 Å². The SMILES string of the molecule is CCOc1ccc(NC(=NC)NCC(C)Oc2ccccc2F)cc1OC. The number of anilines is 1. The number of ether oxygens (including phenoxy) is 3.